The van der Waals surface area contributed by atoms with Gasteiger partial charge in [-0.1, -0.05) is 11.6 Å². The molecule has 1 aromatic rings. The van der Waals surface area contributed by atoms with Crippen molar-refractivity contribution in [3.8, 4) is 0 Å². The van der Waals surface area contributed by atoms with Crippen LogP contribution in [0.3, 0.4) is 0 Å². The van der Waals surface area contributed by atoms with E-state index >= 15 is 0 Å². The van der Waals surface area contributed by atoms with Crippen molar-refractivity contribution in [3.63, 3.8) is 0 Å². The minimum atomic E-state index is -0.528. The summed E-state index contributed by atoms with van der Waals surface area (Å²) in [5.41, 5.74) is 0.145. The second-order valence-corrected chi connectivity index (χ2v) is 4.21. The second-order valence-electron chi connectivity index (χ2n) is 3.78. The van der Waals surface area contributed by atoms with Gasteiger partial charge in [0.1, 0.15) is 5.82 Å². The van der Waals surface area contributed by atoms with Crippen LogP contribution in [0.25, 0.3) is 0 Å². The van der Waals surface area contributed by atoms with Crippen molar-refractivity contribution >= 4 is 17.4 Å². The number of rotatable bonds is 3. The van der Waals surface area contributed by atoms with Crippen molar-refractivity contribution in [1.82, 2.24) is 5.32 Å². The van der Waals surface area contributed by atoms with Gasteiger partial charge in [-0.15, -0.1) is 0 Å². The quantitative estimate of drug-likeness (QED) is 0.803. The number of benzene rings is 1. The molecule has 1 aliphatic heterocycles. The Bertz CT molecular complexity index is 390. The Morgan fingerprint density at radius 1 is 1.53 bits per heavy atom. The van der Waals surface area contributed by atoms with Crippen LogP contribution in [0.1, 0.15) is 16.8 Å². The van der Waals surface area contributed by atoms with E-state index in [0.29, 0.717) is 17.4 Å². The van der Waals surface area contributed by atoms with Crippen LogP contribution in [0, 0.1) is 11.7 Å². The molecule has 1 heterocycles. The molecule has 1 saturated heterocycles. The molecule has 0 amide bonds. The molecule has 0 atom stereocenters. The zero-order chi connectivity index (χ0) is 10.8. The van der Waals surface area contributed by atoms with E-state index in [1.807, 2.05) is 0 Å². The first-order valence-corrected chi connectivity index (χ1v) is 5.23. The third kappa shape index (κ3) is 2.36. The van der Waals surface area contributed by atoms with Gasteiger partial charge in [0.15, 0.2) is 5.78 Å². The van der Waals surface area contributed by atoms with Crippen LogP contribution in [-0.2, 0) is 0 Å². The molecule has 15 heavy (non-hydrogen) atoms. The van der Waals surface area contributed by atoms with Crippen molar-refractivity contribution in [2.45, 2.75) is 6.42 Å². The van der Waals surface area contributed by atoms with Crippen molar-refractivity contribution in [2.75, 3.05) is 13.1 Å². The monoisotopic (exact) mass is 227 g/mol. The van der Waals surface area contributed by atoms with Crippen molar-refractivity contribution in [2.24, 2.45) is 5.92 Å². The van der Waals surface area contributed by atoms with E-state index in [4.69, 9.17) is 11.6 Å². The maximum atomic E-state index is 13.4. The number of hydrogen-bond donors (Lipinski definition) is 1. The molecule has 4 heteroatoms. The smallest absolute Gasteiger partial charge is 0.166 e. The van der Waals surface area contributed by atoms with E-state index in [0.717, 1.165) is 13.1 Å². The Morgan fingerprint density at radius 3 is 2.80 bits per heavy atom. The average molecular weight is 228 g/mol. The highest BCUT2D eigenvalue weighted by Crippen LogP contribution is 2.19. The first-order valence-electron chi connectivity index (χ1n) is 4.86. The van der Waals surface area contributed by atoms with Crippen LogP contribution in [0.5, 0.6) is 0 Å². The van der Waals surface area contributed by atoms with Gasteiger partial charge in [0.25, 0.3) is 0 Å². The highest BCUT2D eigenvalue weighted by molar-refractivity contribution is 6.30. The van der Waals surface area contributed by atoms with E-state index in [1.54, 1.807) is 0 Å². The molecule has 0 spiro atoms. The Balaban J connectivity index is 2.10. The summed E-state index contributed by atoms with van der Waals surface area (Å²) in [5, 5.41) is 3.39. The Labute approximate surface area is 92.4 Å². The van der Waals surface area contributed by atoms with E-state index in [2.05, 4.69) is 5.32 Å². The zero-order valence-corrected chi connectivity index (χ0v) is 8.85. The fraction of sp³-hybridized carbons (Fsp3) is 0.364. The number of nitrogens with one attached hydrogen (secondary N) is 1. The van der Waals surface area contributed by atoms with Crippen molar-refractivity contribution in [1.29, 1.82) is 0 Å². The number of Topliss-reactive ketones (excluding diaryl/α,β-unsaturated/α-hetero) is 1. The fourth-order valence-electron chi connectivity index (χ4n) is 1.58. The number of hydrogen-bond acceptors (Lipinski definition) is 2. The molecule has 0 unspecified atom stereocenters. The van der Waals surface area contributed by atoms with Crippen LogP contribution >= 0.6 is 11.6 Å². The van der Waals surface area contributed by atoms with Gasteiger partial charge in [-0.05, 0) is 37.2 Å². The van der Waals surface area contributed by atoms with E-state index < -0.39 is 5.82 Å². The summed E-state index contributed by atoms with van der Waals surface area (Å²) in [4.78, 5) is 11.7. The lowest BCUT2D eigenvalue weighted by Crippen LogP contribution is -2.43. The molecule has 2 nitrogen and oxygen atoms in total. The third-order valence-electron chi connectivity index (χ3n) is 2.57. The normalized spacial score (nSPS) is 16.1. The van der Waals surface area contributed by atoms with Crippen molar-refractivity contribution < 1.29 is 9.18 Å². The average Bonchev–Trinajstić information content (AvgIpc) is 2.11. The van der Waals surface area contributed by atoms with Gasteiger partial charge >= 0.3 is 0 Å². The van der Waals surface area contributed by atoms with Gasteiger partial charge in [-0.3, -0.25) is 4.79 Å². The zero-order valence-electron chi connectivity index (χ0n) is 8.09. The minimum absolute atomic E-state index is 0.143. The van der Waals surface area contributed by atoms with Gasteiger partial charge in [0, 0.05) is 11.4 Å². The largest absolute Gasteiger partial charge is 0.316 e. The van der Waals surface area contributed by atoms with Gasteiger partial charge < -0.3 is 5.32 Å². The summed E-state index contributed by atoms with van der Waals surface area (Å²) in [6.07, 6.45) is 0.408. The lowest BCUT2D eigenvalue weighted by molar-refractivity contribution is 0.0941. The van der Waals surface area contributed by atoms with Crippen LogP contribution in [-0.4, -0.2) is 18.9 Å². The van der Waals surface area contributed by atoms with E-state index in [9.17, 15) is 9.18 Å². The molecule has 0 radical (unpaired) electrons. The van der Waals surface area contributed by atoms with Crippen LogP contribution in [0.4, 0.5) is 4.39 Å². The maximum Gasteiger partial charge on any atom is 0.166 e. The lowest BCUT2D eigenvalue weighted by atomic mass is 9.94. The summed E-state index contributed by atoms with van der Waals surface area (Å²) in [7, 11) is 0. The summed E-state index contributed by atoms with van der Waals surface area (Å²) < 4.78 is 13.4. The van der Waals surface area contributed by atoms with E-state index in [-0.39, 0.29) is 11.3 Å². The van der Waals surface area contributed by atoms with E-state index in [1.165, 1.54) is 18.2 Å². The van der Waals surface area contributed by atoms with Gasteiger partial charge in [-0.25, -0.2) is 4.39 Å². The molecule has 1 aromatic carbocycles. The molecule has 0 saturated carbocycles. The molecule has 80 valence electrons. The SMILES string of the molecule is O=C(CC1CNC1)c1ccc(Cl)cc1F. The molecular weight excluding hydrogens is 217 g/mol. The topological polar surface area (TPSA) is 29.1 Å². The highest BCUT2D eigenvalue weighted by atomic mass is 35.5. The molecular formula is C11H11ClFNO. The maximum absolute atomic E-state index is 13.4. The minimum Gasteiger partial charge on any atom is -0.316 e. The Hall–Kier alpha value is -0.930. The van der Waals surface area contributed by atoms with Gasteiger partial charge in [0.2, 0.25) is 0 Å². The Kier molecular flexibility index (Phi) is 3.03. The molecule has 1 aliphatic rings. The standard InChI is InChI=1S/C11H11ClFNO/c12-8-1-2-9(10(13)4-8)11(15)3-7-5-14-6-7/h1-2,4,7,14H,3,5-6H2. The predicted octanol–water partition coefficient (Wildman–Crippen LogP) is 2.27. The van der Waals surface area contributed by atoms with Crippen molar-refractivity contribution in [3.05, 3.63) is 34.6 Å². The molecule has 0 aromatic heterocycles. The van der Waals surface area contributed by atoms with Crippen LogP contribution in [0.15, 0.2) is 18.2 Å². The first kappa shape index (κ1) is 10.6. The molecule has 1 N–H and O–H groups in total. The van der Waals surface area contributed by atoms with Gasteiger partial charge in [0.05, 0.1) is 5.56 Å². The van der Waals surface area contributed by atoms with Crippen LogP contribution < -0.4 is 5.32 Å². The number of halogens is 2. The number of carbonyl (C=O) groups is 1. The number of ketones is 1. The number of carbonyl (C=O) groups excluding carboxylic acids is 1. The Morgan fingerprint density at radius 2 is 2.27 bits per heavy atom. The summed E-state index contributed by atoms with van der Waals surface area (Å²) in [6.45, 7) is 1.70. The predicted molar refractivity (Wildman–Crippen MR) is 56.7 cm³/mol. The summed E-state index contributed by atoms with van der Waals surface area (Å²) in [5.74, 6) is -0.317. The molecule has 1 fully saturated rings. The third-order valence-corrected chi connectivity index (χ3v) is 2.81. The van der Waals surface area contributed by atoms with Gasteiger partial charge in [-0.2, -0.15) is 0 Å². The molecule has 0 bridgehead atoms. The molecule has 2 rings (SSSR count). The summed E-state index contributed by atoms with van der Waals surface area (Å²) >= 11 is 5.60. The first-order chi connectivity index (χ1) is 7.16. The summed E-state index contributed by atoms with van der Waals surface area (Å²) in [6, 6.07) is 4.16. The fourth-order valence-corrected chi connectivity index (χ4v) is 1.74. The highest BCUT2D eigenvalue weighted by Gasteiger charge is 2.22. The molecule has 0 aliphatic carbocycles. The lowest BCUT2D eigenvalue weighted by Gasteiger charge is -2.26. The van der Waals surface area contributed by atoms with Crippen LogP contribution in [0.2, 0.25) is 5.02 Å². The second kappa shape index (κ2) is 4.29.